The van der Waals surface area contributed by atoms with Crippen molar-refractivity contribution in [3.05, 3.63) is 26.9 Å². The van der Waals surface area contributed by atoms with Crippen LogP contribution in [0, 0.1) is 4.64 Å². The minimum absolute atomic E-state index is 0.244. The number of halogens is 3. The average molecular weight is 196 g/mol. The van der Waals surface area contributed by atoms with Crippen molar-refractivity contribution in [3.63, 3.8) is 0 Å². The summed E-state index contributed by atoms with van der Waals surface area (Å²) < 4.78 is 35.5. The first-order valence-electron chi connectivity index (χ1n) is 2.80. The third-order valence-corrected chi connectivity index (χ3v) is 1.29. The highest BCUT2D eigenvalue weighted by Crippen LogP contribution is 2.26. The lowest BCUT2D eigenvalue weighted by Crippen LogP contribution is -2.18. The van der Waals surface area contributed by atoms with Gasteiger partial charge in [0.25, 0.3) is 0 Å². The van der Waals surface area contributed by atoms with Crippen LogP contribution in [0.5, 0.6) is 0 Å². The molecule has 7 heteroatoms. The van der Waals surface area contributed by atoms with E-state index in [0.717, 1.165) is 0 Å². The zero-order valence-electron chi connectivity index (χ0n) is 5.53. The Morgan fingerprint density at radius 1 is 1.33 bits per heavy atom. The molecule has 0 saturated carbocycles. The van der Waals surface area contributed by atoms with Crippen molar-refractivity contribution in [3.8, 4) is 0 Å². The maximum absolute atomic E-state index is 11.9. The smallest absolute Gasteiger partial charge is 0.303 e. The van der Waals surface area contributed by atoms with E-state index in [4.69, 9.17) is 0 Å². The van der Waals surface area contributed by atoms with E-state index in [1.807, 2.05) is 4.98 Å². The molecular weight excluding hydrogens is 193 g/mol. The molecule has 0 aliphatic carbocycles. The fourth-order valence-corrected chi connectivity index (χ4v) is 0.832. The van der Waals surface area contributed by atoms with E-state index in [-0.39, 0.29) is 4.64 Å². The first-order chi connectivity index (χ1) is 5.39. The third-order valence-electron chi connectivity index (χ3n) is 1.07. The molecule has 0 aliphatic heterocycles. The van der Waals surface area contributed by atoms with Gasteiger partial charge in [0.05, 0.1) is 0 Å². The second-order valence-electron chi connectivity index (χ2n) is 2.00. The maximum Gasteiger partial charge on any atom is 0.431 e. The summed E-state index contributed by atoms with van der Waals surface area (Å²) in [6.45, 7) is 0. The predicted molar refractivity (Wildman–Crippen MR) is 37.2 cm³/mol. The number of alkyl halides is 3. The highest BCUT2D eigenvalue weighted by atomic mass is 32.1. The Hall–Kier alpha value is -1.11. The van der Waals surface area contributed by atoms with Crippen LogP contribution in [0.1, 0.15) is 5.69 Å². The lowest BCUT2D eigenvalue weighted by atomic mass is 10.4. The van der Waals surface area contributed by atoms with Crippen LogP contribution in [-0.2, 0) is 6.18 Å². The van der Waals surface area contributed by atoms with Crippen LogP contribution < -0.4 is 5.69 Å². The molecule has 1 aromatic rings. The second kappa shape index (κ2) is 2.74. The SMILES string of the molecule is O=c1[nH]c(C(F)(F)F)cc(=S)[nH]1. The molecule has 0 spiro atoms. The molecule has 1 rings (SSSR count). The van der Waals surface area contributed by atoms with Gasteiger partial charge in [0.15, 0.2) is 0 Å². The summed E-state index contributed by atoms with van der Waals surface area (Å²) in [5.41, 5.74) is -2.11. The molecule has 0 radical (unpaired) electrons. The molecule has 66 valence electrons. The van der Waals surface area contributed by atoms with Crippen LogP contribution in [0.3, 0.4) is 0 Å². The summed E-state index contributed by atoms with van der Waals surface area (Å²) in [6, 6.07) is 0.650. The maximum atomic E-state index is 11.9. The van der Waals surface area contributed by atoms with Crippen molar-refractivity contribution < 1.29 is 13.2 Å². The summed E-state index contributed by atoms with van der Waals surface area (Å²) in [5, 5.41) is 0. The first kappa shape index (κ1) is 8.98. The standard InChI is InChI=1S/C5H3F3N2OS/c6-5(7,8)2-1-3(12)10-4(11)9-2/h1H,(H2,9,10,11,12). The van der Waals surface area contributed by atoms with Gasteiger partial charge < -0.3 is 4.98 Å². The number of aromatic amines is 2. The topological polar surface area (TPSA) is 48.6 Å². The summed E-state index contributed by atoms with van der Waals surface area (Å²) in [6.07, 6.45) is -4.57. The van der Waals surface area contributed by atoms with Gasteiger partial charge in [-0.25, -0.2) is 4.79 Å². The van der Waals surface area contributed by atoms with Crippen LogP contribution in [0.2, 0.25) is 0 Å². The lowest BCUT2D eigenvalue weighted by molar-refractivity contribution is -0.141. The number of rotatable bonds is 0. The molecule has 0 fully saturated rings. The molecule has 0 unspecified atom stereocenters. The monoisotopic (exact) mass is 196 g/mol. The van der Waals surface area contributed by atoms with E-state index >= 15 is 0 Å². The molecular formula is C5H3F3N2OS. The van der Waals surface area contributed by atoms with Crippen LogP contribution in [0.15, 0.2) is 10.9 Å². The Morgan fingerprint density at radius 2 is 1.92 bits per heavy atom. The van der Waals surface area contributed by atoms with Crippen molar-refractivity contribution in [1.82, 2.24) is 9.97 Å². The van der Waals surface area contributed by atoms with Crippen LogP contribution >= 0.6 is 12.2 Å². The number of hydrogen-bond acceptors (Lipinski definition) is 2. The minimum atomic E-state index is -4.57. The predicted octanol–water partition coefficient (Wildman–Crippen LogP) is 1.45. The van der Waals surface area contributed by atoms with E-state index < -0.39 is 17.6 Å². The quantitative estimate of drug-likeness (QED) is 0.617. The van der Waals surface area contributed by atoms with E-state index in [2.05, 4.69) is 12.2 Å². The van der Waals surface area contributed by atoms with Crippen molar-refractivity contribution >= 4 is 12.2 Å². The molecule has 3 nitrogen and oxygen atoms in total. The Bertz CT molecular complexity index is 362. The summed E-state index contributed by atoms with van der Waals surface area (Å²) in [4.78, 5) is 14.1. The van der Waals surface area contributed by atoms with E-state index in [0.29, 0.717) is 6.07 Å². The van der Waals surface area contributed by atoms with Crippen LogP contribution in [0.4, 0.5) is 13.2 Å². The van der Waals surface area contributed by atoms with Crippen molar-refractivity contribution in [1.29, 1.82) is 0 Å². The molecule has 2 N–H and O–H groups in total. The molecule has 12 heavy (non-hydrogen) atoms. The fourth-order valence-electron chi connectivity index (χ4n) is 0.621. The molecule has 0 saturated heterocycles. The molecule has 0 atom stereocenters. The number of nitrogens with one attached hydrogen (secondary N) is 2. The van der Waals surface area contributed by atoms with Crippen molar-refractivity contribution in [2.75, 3.05) is 0 Å². The Balaban J connectivity index is 3.37. The Kier molecular flexibility index (Phi) is 2.05. The van der Waals surface area contributed by atoms with Crippen molar-refractivity contribution in [2.45, 2.75) is 6.18 Å². The van der Waals surface area contributed by atoms with E-state index in [1.165, 1.54) is 0 Å². The van der Waals surface area contributed by atoms with Gasteiger partial charge in [-0.1, -0.05) is 12.2 Å². The third kappa shape index (κ3) is 1.94. The van der Waals surface area contributed by atoms with E-state index in [1.54, 1.807) is 4.98 Å². The van der Waals surface area contributed by atoms with Gasteiger partial charge in [-0.05, 0) is 0 Å². The van der Waals surface area contributed by atoms with E-state index in [9.17, 15) is 18.0 Å². The zero-order valence-corrected chi connectivity index (χ0v) is 6.34. The number of H-pyrrole nitrogens is 2. The number of aromatic nitrogens is 2. The molecule has 0 bridgehead atoms. The van der Waals surface area contributed by atoms with Gasteiger partial charge in [0.1, 0.15) is 10.3 Å². The highest BCUT2D eigenvalue weighted by Gasteiger charge is 2.31. The Morgan fingerprint density at radius 3 is 2.33 bits per heavy atom. The zero-order chi connectivity index (χ0) is 9.35. The second-order valence-corrected chi connectivity index (χ2v) is 2.44. The van der Waals surface area contributed by atoms with Gasteiger partial charge in [0.2, 0.25) is 0 Å². The summed E-state index contributed by atoms with van der Waals surface area (Å²) in [5.74, 6) is 0. The molecule has 0 aliphatic rings. The highest BCUT2D eigenvalue weighted by molar-refractivity contribution is 7.71. The van der Waals surface area contributed by atoms with Gasteiger partial charge in [-0.2, -0.15) is 13.2 Å². The van der Waals surface area contributed by atoms with Gasteiger partial charge in [-0.3, -0.25) is 4.98 Å². The summed E-state index contributed by atoms with van der Waals surface area (Å²) >= 11 is 4.38. The van der Waals surface area contributed by atoms with Gasteiger partial charge >= 0.3 is 11.9 Å². The Labute approximate surface area is 69.3 Å². The van der Waals surface area contributed by atoms with Gasteiger partial charge in [0, 0.05) is 6.07 Å². The number of hydrogen-bond donors (Lipinski definition) is 2. The largest absolute Gasteiger partial charge is 0.431 e. The lowest BCUT2D eigenvalue weighted by Gasteiger charge is -2.03. The molecule has 1 heterocycles. The minimum Gasteiger partial charge on any atom is -0.303 e. The summed E-state index contributed by atoms with van der Waals surface area (Å²) in [7, 11) is 0. The fraction of sp³-hybridized carbons (Fsp3) is 0.200. The average Bonchev–Trinajstić information content (AvgIpc) is 1.82. The van der Waals surface area contributed by atoms with Crippen LogP contribution in [-0.4, -0.2) is 9.97 Å². The van der Waals surface area contributed by atoms with Gasteiger partial charge in [-0.15, -0.1) is 0 Å². The van der Waals surface area contributed by atoms with Crippen LogP contribution in [0.25, 0.3) is 0 Å². The first-order valence-corrected chi connectivity index (χ1v) is 3.21. The molecule has 1 aromatic heterocycles. The normalized spacial score (nSPS) is 11.6. The van der Waals surface area contributed by atoms with Crippen molar-refractivity contribution in [2.24, 2.45) is 0 Å². The molecule has 0 aromatic carbocycles. The molecule has 0 amide bonds.